The number of alkyl halides is 3. The number of carbonyl (C=O) groups is 1. The van der Waals surface area contributed by atoms with Crippen LogP contribution in [0.15, 0.2) is 36.4 Å². The minimum absolute atomic E-state index is 0.158. The van der Waals surface area contributed by atoms with E-state index in [1.165, 1.54) is 31.2 Å². The van der Waals surface area contributed by atoms with Gasteiger partial charge in [-0.15, -0.1) is 0 Å². The van der Waals surface area contributed by atoms with Gasteiger partial charge in [-0.2, -0.15) is 13.2 Å². The van der Waals surface area contributed by atoms with Crippen molar-refractivity contribution in [1.29, 1.82) is 0 Å². The zero-order chi connectivity index (χ0) is 21.2. The van der Waals surface area contributed by atoms with E-state index in [0.717, 1.165) is 31.5 Å². The van der Waals surface area contributed by atoms with Gasteiger partial charge >= 0.3 is 12.3 Å². The van der Waals surface area contributed by atoms with Gasteiger partial charge in [-0.25, -0.2) is 9.18 Å². The molecule has 3 rings (SSSR count). The van der Waals surface area contributed by atoms with Crippen molar-refractivity contribution in [3.05, 3.63) is 53.3 Å². The van der Waals surface area contributed by atoms with E-state index in [9.17, 15) is 22.4 Å². The normalized spacial score (nSPS) is 17.4. The fraction of sp³-hybridized carbons (Fsp3) is 0.381. The van der Waals surface area contributed by atoms with E-state index in [4.69, 9.17) is 4.74 Å². The predicted molar refractivity (Wildman–Crippen MR) is 102 cm³/mol. The van der Waals surface area contributed by atoms with Gasteiger partial charge in [-0.05, 0) is 74.8 Å². The molecule has 1 atom stereocenters. The number of hydrogen-bond donors (Lipinski definition) is 1. The van der Waals surface area contributed by atoms with Crippen LogP contribution >= 0.6 is 0 Å². The number of halogens is 4. The number of likely N-dealkylation sites (N-methyl/N-ethyl adjacent to an activating group) is 1. The first-order valence-corrected chi connectivity index (χ1v) is 9.27. The van der Waals surface area contributed by atoms with Crippen molar-refractivity contribution in [3.63, 3.8) is 0 Å². The number of ether oxygens (including phenoxy) is 1. The molecule has 0 aromatic heterocycles. The molecular formula is C21H22F4N2O2. The second kappa shape index (κ2) is 8.41. The minimum atomic E-state index is -4.47. The van der Waals surface area contributed by atoms with Crippen LogP contribution in [0.5, 0.6) is 0 Å². The molecule has 0 spiro atoms. The molecule has 0 radical (unpaired) electrons. The predicted octanol–water partition coefficient (Wildman–Crippen LogP) is 5.46. The topological polar surface area (TPSA) is 41.6 Å². The van der Waals surface area contributed by atoms with Crippen molar-refractivity contribution in [2.45, 2.75) is 32.0 Å². The number of anilines is 1. The Labute approximate surface area is 166 Å². The van der Waals surface area contributed by atoms with Crippen LogP contribution in [0.2, 0.25) is 0 Å². The number of nitrogens with zero attached hydrogens (tertiary/aromatic N) is 1. The highest BCUT2D eigenvalue weighted by atomic mass is 19.4. The lowest BCUT2D eigenvalue weighted by molar-refractivity contribution is -0.137. The van der Waals surface area contributed by atoms with Crippen LogP contribution in [0.25, 0.3) is 11.1 Å². The van der Waals surface area contributed by atoms with Gasteiger partial charge in [-0.3, -0.25) is 5.32 Å². The summed E-state index contributed by atoms with van der Waals surface area (Å²) in [6.45, 7) is 2.69. The van der Waals surface area contributed by atoms with E-state index in [2.05, 4.69) is 10.2 Å². The molecule has 2 aromatic rings. The third kappa shape index (κ3) is 5.06. The van der Waals surface area contributed by atoms with Gasteiger partial charge in [0, 0.05) is 11.6 Å². The number of rotatable bonds is 4. The second-order valence-corrected chi connectivity index (χ2v) is 7.22. The van der Waals surface area contributed by atoms with Gasteiger partial charge in [0.25, 0.3) is 0 Å². The highest BCUT2D eigenvalue weighted by Crippen LogP contribution is 2.36. The van der Waals surface area contributed by atoms with E-state index < -0.39 is 23.7 Å². The van der Waals surface area contributed by atoms with Crippen LogP contribution in [-0.2, 0) is 10.9 Å². The maximum atomic E-state index is 13.8. The molecule has 1 heterocycles. The molecule has 1 N–H and O–H groups in total. The lowest BCUT2D eigenvalue weighted by Gasteiger charge is -2.19. The maximum absolute atomic E-state index is 13.8. The summed E-state index contributed by atoms with van der Waals surface area (Å²) in [4.78, 5) is 14.3. The smallest absolute Gasteiger partial charge is 0.416 e. The summed E-state index contributed by atoms with van der Waals surface area (Å²) in [6.07, 6.45) is -3.18. The second-order valence-electron chi connectivity index (χ2n) is 7.22. The zero-order valence-corrected chi connectivity index (χ0v) is 16.1. The number of aryl methyl sites for hydroxylation is 1. The van der Waals surface area contributed by atoms with Crippen LogP contribution in [0.3, 0.4) is 0 Å². The monoisotopic (exact) mass is 410 g/mol. The Bertz CT molecular complexity index is 899. The van der Waals surface area contributed by atoms with Gasteiger partial charge in [0.15, 0.2) is 0 Å². The van der Waals surface area contributed by atoms with Gasteiger partial charge in [0.2, 0.25) is 0 Å². The molecule has 1 aliphatic rings. The van der Waals surface area contributed by atoms with Gasteiger partial charge < -0.3 is 9.64 Å². The standard InChI is InChI=1S/C21H22F4N2O2/c1-13-10-14(21(23,24)25)5-7-17(13)18-11-15(22)6-8-19(18)26-20(28)29-12-16-4-3-9-27(16)2/h5-8,10-11,16H,3-4,9,12H2,1-2H3,(H,26,28)/t16-/m0/s1. The maximum Gasteiger partial charge on any atom is 0.416 e. The van der Waals surface area contributed by atoms with Crippen molar-refractivity contribution >= 4 is 11.8 Å². The molecule has 0 aliphatic carbocycles. The molecule has 0 unspecified atom stereocenters. The van der Waals surface area contributed by atoms with E-state index >= 15 is 0 Å². The summed E-state index contributed by atoms with van der Waals surface area (Å²) < 4.78 is 57.9. The average molecular weight is 410 g/mol. The van der Waals surface area contributed by atoms with Crippen LogP contribution in [0, 0.1) is 12.7 Å². The Hall–Kier alpha value is -2.61. The SMILES string of the molecule is Cc1cc(C(F)(F)F)ccc1-c1cc(F)ccc1NC(=O)OC[C@@H]1CCCN1C. The lowest BCUT2D eigenvalue weighted by Crippen LogP contribution is -2.31. The highest BCUT2D eigenvalue weighted by molar-refractivity contribution is 5.92. The number of carbonyl (C=O) groups excluding carboxylic acids is 1. The lowest BCUT2D eigenvalue weighted by atomic mass is 9.96. The third-order valence-electron chi connectivity index (χ3n) is 5.14. The Morgan fingerprint density at radius 2 is 1.97 bits per heavy atom. The first kappa shape index (κ1) is 21.1. The van der Waals surface area contributed by atoms with E-state index in [-0.39, 0.29) is 23.9 Å². The molecular weight excluding hydrogens is 388 g/mol. The van der Waals surface area contributed by atoms with Crippen molar-refractivity contribution in [2.75, 3.05) is 25.5 Å². The molecule has 1 aliphatic heterocycles. The fourth-order valence-corrected chi connectivity index (χ4v) is 3.50. The van der Waals surface area contributed by atoms with Crippen LogP contribution < -0.4 is 5.32 Å². The number of nitrogens with one attached hydrogen (secondary N) is 1. The Kier molecular flexibility index (Phi) is 6.12. The van der Waals surface area contributed by atoms with E-state index in [0.29, 0.717) is 11.1 Å². The third-order valence-corrected chi connectivity index (χ3v) is 5.14. The molecule has 1 fully saturated rings. The highest BCUT2D eigenvalue weighted by Gasteiger charge is 2.31. The van der Waals surface area contributed by atoms with Crippen molar-refractivity contribution in [1.82, 2.24) is 4.90 Å². The molecule has 1 saturated heterocycles. The molecule has 4 nitrogen and oxygen atoms in total. The van der Waals surface area contributed by atoms with Gasteiger partial charge in [0.1, 0.15) is 12.4 Å². The van der Waals surface area contributed by atoms with Crippen molar-refractivity contribution < 1.29 is 27.1 Å². The molecule has 156 valence electrons. The quantitative estimate of drug-likeness (QED) is 0.681. The van der Waals surface area contributed by atoms with Crippen molar-refractivity contribution in [3.8, 4) is 11.1 Å². The van der Waals surface area contributed by atoms with Gasteiger partial charge in [-0.1, -0.05) is 6.07 Å². The summed E-state index contributed by atoms with van der Waals surface area (Å²) in [7, 11) is 1.96. The number of amides is 1. The molecule has 8 heteroatoms. The average Bonchev–Trinajstić information content (AvgIpc) is 3.06. The van der Waals surface area contributed by atoms with Crippen LogP contribution in [-0.4, -0.2) is 37.2 Å². The fourth-order valence-electron chi connectivity index (χ4n) is 3.50. The minimum Gasteiger partial charge on any atom is -0.448 e. The Balaban J connectivity index is 1.80. The molecule has 0 bridgehead atoms. The first-order chi connectivity index (χ1) is 13.6. The molecule has 29 heavy (non-hydrogen) atoms. The van der Waals surface area contributed by atoms with E-state index in [1.54, 1.807) is 0 Å². The molecule has 0 saturated carbocycles. The summed E-state index contributed by atoms with van der Waals surface area (Å²) in [5, 5.41) is 2.58. The van der Waals surface area contributed by atoms with E-state index in [1.807, 2.05) is 7.05 Å². The van der Waals surface area contributed by atoms with Crippen molar-refractivity contribution in [2.24, 2.45) is 0 Å². The summed E-state index contributed by atoms with van der Waals surface area (Å²) in [6, 6.07) is 7.08. The largest absolute Gasteiger partial charge is 0.448 e. The van der Waals surface area contributed by atoms with Crippen LogP contribution in [0.4, 0.5) is 28.0 Å². The van der Waals surface area contributed by atoms with Gasteiger partial charge in [0.05, 0.1) is 11.3 Å². The number of hydrogen-bond acceptors (Lipinski definition) is 3. The number of likely N-dealkylation sites (tertiary alicyclic amines) is 1. The van der Waals surface area contributed by atoms with Crippen LogP contribution in [0.1, 0.15) is 24.0 Å². The molecule has 1 amide bonds. The number of benzene rings is 2. The Morgan fingerprint density at radius 1 is 1.21 bits per heavy atom. The Morgan fingerprint density at radius 3 is 2.59 bits per heavy atom. The zero-order valence-electron chi connectivity index (χ0n) is 16.1. The first-order valence-electron chi connectivity index (χ1n) is 9.27. The summed E-state index contributed by atoms with van der Waals surface area (Å²) in [5.41, 5.74) is 0.465. The summed E-state index contributed by atoms with van der Waals surface area (Å²) >= 11 is 0. The summed E-state index contributed by atoms with van der Waals surface area (Å²) in [5.74, 6) is -0.564. The molecule has 2 aromatic carbocycles.